The van der Waals surface area contributed by atoms with Crippen LogP contribution >= 0.6 is 0 Å². The van der Waals surface area contributed by atoms with Crippen LogP contribution in [0.15, 0.2) is 48.5 Å². The summed E-state index contributed by atoms with van der Waals surface area (Å²) in [7, 11) is 0. The molecule has 7 heteroatoms. The van der Waals surface area contributed by atoms with Gasteiger partial charge in [0, 0.05) is 26.2 Å². The van der Waals surface area contributed by atoms with E-state index in [1.54, 1.807) is 36.4 Å². The summed E-state index contributed by atoms with van der Waals surface area (Å²) >= 11 is 0. The van der Waals surface area contributed by atoms with Gasteiger partial charge in [-0.25, -0.2) is 8.78 Å². The van der Waals surface area contributed by atoms with Gasteiger partial charge in [0.05, 0.1) is 11.8 Å². The topological polar surface area (TPSA) is 70.2 Å². The Bertz CT molecular complexity index is 790. The van der Waals surface area contributed by atoms with Gasteiger partial charge in [0.25, 0.3) is 0 Å². The largest absolute Gasteiger partial charge is 0.355 e. The quantitative estimate of drug-likeness (QED) is 0.632. The minimum absolute atomic E-state index is 0.222. The molecule has 154 valence electrons. The van der Waals surface area contributed by atoms with Gasteiger partial charge < -0.3 is 16.0 Å². The van der Waals surface area contributed by atoms with Crippen LogP contribution in [0, 0.1) is 23.5 Å². The number of halogens is 2. The Morgan fingerprint density at radius 1 is 0.793 bits per heavy atom. The first-order valence-electron chi connectivity index (χ1n) is 9.79. The predicted molar refractivity (Wildman–Crippen MR) is 106 cm³/mol. The van der Waals surface area contributed by atoms with E-state index in [9.17, 15) is 18.4 Å². The lowest BCUT2D eigenvalue weighted by atomic mass is 9.94. The van der Waals surface area contributed by atoms with Gasteiger partial charge in [-0.2, -0.15) is 0 Å². The standard InChI is InChI=1S/C22H25F2N3O2/c23-19-7-3-1-5-15(19)9-11-26-21(28)17-13-25-14-18(17)22(29)27-12-10-16-6-2-4-8-20(16)24/h1-8,17-18,25H,9-14H2,(H,26,28)(H,27,29)/t17-,18-/m0/s1. The van der Waals surface area contributed by atoms with E-state index < -0.39 is 11.8 Å². The maximum Gasteiger partial charge on any atom is 0.225 e. The van der Waals surface area contributed by atoms with Crippen LogP contribution in [-0.2, 0) is 22.4 Å². The van der Waals surface area contributed by atoms with Gasteiger partial charge in [-0.05, 0) is 36.1 Å². The maximum absolute atomic E-state index is 13.6. The van der Waals surface area contributed by atoms with Crippen molar-refractivity contribution in [2.45, 2.75) is 12.8 Å². The number of nitrogens with one attached hydrogen (secondary N) is 3. The zero-order valence-electron chi connectivity index (χ0n) is 16.1. The van der Waals surface area contributed by atoms with Gasteiger partial charge in [0.2, 0.25) is 11.8 Å². The minimum atomic E-state index is -0.482. The second-order valence-corrected chi connectivity index (χ2v) is 7.14. The lowest BCUT2D eigenvalue weighted by Gasteiger charge is -2.18. The Balaban J connectivity index is 1.45. The van der Waals surface area contributed by atoms with E-state index >= 15 is 0 Å². The molecule has 1 saturated heterocycles. The molecule has 0 bridgehead atoms. The Hall–Kier alpha value is -2.80. The molecule has 1 fully saturated rings. The third-order valence-electron chi connectivity index (χ3n) is 5.19. The normalized spacial score (nSPS) is 18.4. The van der Waals surface area contributed by atoms with Crippen molar-refractivity contribution in [2.75, 3.05) is 26.2 Å². The summed E-state index contributed by atoms with van der Waals surface area (Å²) in [5.74, 6) is -2.00. The van der Waals surface area contributed by atoms with Crippen molar-refractivity contribution in [1.29, 1.82) is 0 Å². The summed E-state index contributed by atoms with van der Waals surface area (Å²) in [5.41, 5.74) is 1.08. The lowest BCUT2D eigenvalue weighted by molar-refractivity contribution is -0.132. The Morgan fingerprint density at radius 3 is 1.62 bits per heavy atom. The summed E-state index contributed by atoms with van der Waals surface area (Å²) in [6.07, 6.45) is 0.774. The van der Waals surface area contributed by atoms with Crippen LogP contribution in [0.1, 0.15) is 11.1 Å². The van der Waals surface area contributed by atoms with E-state index in [0.717, 1.165) is 0 Å². The molecular formula is C22H25F2N3O2. The average molecular weight is 401 g/mol. The van der Waals surface area contributed by atoms with Crippen molar-refractivity contribution in [3.05, 3.63) is 71.3 Å². The zero-order chi connectivity index (χ0) is 20.6. The Labute approximate surface area is 168 Å². The summed E-state index contributed by atoms with van der Waals surface area (Å²) in [5, 5.41) is 8.68. The van der Waals surface area contributed by atoms with Crippen molar-refractivity contribution in [1.82, 2.24) is 16.0 Å². The van der Waals surface area contributed by atoms with E-state index in [4.69, 9.17) is 0 Å². The van der Waals surface area contributed by atoms with E-state index in [1.807, 2.05) is 0 Å². The molecule has 0 radical (unpaired) electrons. The molecule has 3 rings (SSSR count). The molecule has 5 nitrogen and oxygen atoms in total. The third-order valence-corrected chi connectivity index (χ3v) is 5.19. The maximum atomic E-state index is 13.6. The number of hydrogen-bond acceptors (Lipinski definition) is 3. The second kappa shape index (κ2) is 10.1. The van der Waals surface area contributed by atoms with Crippen LogP contribution in [0.4, 0.5) is 8.78 Å². The van der Waals surface area contributed by atoms with Gasteiger partial charge in [0.1, 0.15) is 11.6 Å². The van der Waals surface area contributed by atoms with E-state index in [0.29, 0.717) is 50.1 Å². The number of carbonyl (C=O) groups is 2. The van der Waals surface area contributed by atoms with Crippen molar-refractivity contribution in [3.63, 3.8) is 0 Å². The molecule has 0 aliphatic carbocycles. The van der Waals surface area contributed by atoms with Crippen LogP contribution in [0.3, 0.4) is 0 Å². The minimum Gasteiger partial charge on any atom is -0.355 e. The van der Waals surface area contributed by atoms with Crippen molar-refractivity contribution in [3.8, 4) is 0 Å². The lowest BCUT2D eigenvalue weighted by Crippen LogP contribution is -2.42. The monoisotopic (exact) mass is 401 g/mol. The number of hydrogen-bond donors (Lipinski definition) is 3. The number of amides is 2. The number of benzene rings is 2. The van der Waals surface area contributed by atoms with Gasteiger partial charge in [-0.15, -0.1) is 0 Å². The van der Waals surface area contributed by atoms with Gasteiger partial charge in [0.15, 0.2) is 0 Å². The average Bonchev–Trinajstić information content (AvgIpc) is 3.21. The first-order chi connectivity index (χ1) is 14.1. The van der Waals surface area contributed by atoms with Crippen LogP contribution in [0.25, 0.3) is 0 Å². The fourth-order valence-corrected chi connectivity index (χ4v) is 3.53. The summed E-state index contributed by atoms with van der Waals surface area (Å²) < 4.78 is 27.3. The molecule has 2 aromatic rings. The molecule has 0 unspecified atom stereocenters. The van der Waals surface area contributed by atoms with Gasteiger partial charge >= 0.3 is 0 Å². The summed E-state index contributed by atoms with van der Waals surface area (Å²) in [6.45, 7) is 1.43. The molecule has 0 aromatic heterocycles. The molecule has 1 heterocycles. The van der Waals surface area contributed by atoms with Gasteiger partial charge in [-0.1, -0.05) is 36.4 Å². The highest BCUT2D eigenvalue weighted by Gasteiger charge is 2.37. The van der Waals surface area contributed by atoms with E-state index in [-0.39, 0.29) is 23.4 Å². The summed E-state index contributed by atoms with van der Waals surface area (Å²) in [4.78, 5) is 25.0. The van der Waals surface area contributed by atoms with Gasteiger partial charge in [-0.3, -0.25) is 9.59 Å². The summed E-state index contributed by atoms with van der Waals surface area (Å²) in [6, 6.07) is 12.9. The molecular weight excluding hydrogens is 376 g/mol. The second-order valence-electron chi connectivity index (χ2n) is 7.14. The number of carbonyl (C=O) groups excluding carboxylic acids is 2. The fourth-order valence-electron chi connectivity index (χ4n) is 3.53. The van der Waals surface area contributed by atoms with E-state index in [2.05, 4.69) is 16.0 Å². The Kier molecular flexibility index (Phi) is 7.30. The first kappa shape index (κ1) is 20.9. The van der Waals surface area contributed by atoms with Crippen molar-refractivity contribution >= 4 is 11.8 Å². The number of rotatable bonds is 8. The van der Waals surface area contributed by atoms with Crippen LogP contribution < -0.4 is 16.0 Å². The molecule has 2 amide bonds. The first-order valence-corrected chi connectivity index (χ1v) is 9.79. The third kappa shape index (κ3) is 5.60. The van der Waals surface area contributed by atoms with Crippen molar-refractivity contribution in [2.24, 2.45) is 11.8 Å². The Morgan fingerprint density at radius 2 is 1.21 bits per heavy atom. The SMILES string of the molecule is O=C(NCCc1ccccc1F)[C@H]1CNC[C@@H]1C(=O)NCCc1ccccc1F. The molecule has 2 aromatic carbocycles. The fraction of sp³-hybridized carbons (Fsp3) is 0.364. The van der Waals surface area contributed by atoms with Crippen LogP contribution in [-0.4, -0.2) is 38.0 Å². The molecule has 0 saturated carbocycles. The highest BCUT2D eigenvalue weighted by molar-refractivity contribution is 5.88. The van der Waals surface area contributed by atoms with Crippen LogP contribution in [0.2, 0.25) is 0 Å². The predicted octanol–water partition coefficient (Wildman–Crippen LogP) is 1.82. The molecule has 29 heavy (non-hydrogen) atoms. The molecule has 1 aliphatic rings. The van der Waals surface area contributed by atoms with Crippen molar-refractivity contribution < 1.29 is 18.4 Å². The highest BCUT2D eigenvalue weighted by atomic mass is 19.1. The molecule has 1 aliphatic heterocycles. The molecule has 0 spiro atoms. The molecule has 2 atom stereocenters. The van der Waals surface area contributed by atoms with Crippen LogP contribution in [0.5, 0.6) is 0 Å². The zero-order valence-corrected chi connectivity index (χ0v) is 16.1. The smallest absolute Gasteiger partial charge is 0.225 e. The molecule has 3 N–H and O–H groups in total. The van der Waals surface area contributed by atoms with E-state index in [1.165, 1.54) is 12.1 Å². The highest BCUT2D eigenvalue weighted by Crippen LogP contribution is 2.17.